The SMILES string of the molecule is CC/C=C\C/C=C\C/C=C\C/C=C\C/C=C\CCCCCCCC(=O)NC(CO)C(O)/C=C/CC/C=C/CC/C=C/CCCCCCCCCCCCCCCCCC. The quantitative estimate of drug-likeness (QED) is 0.0424. The van der Waals surface area contributed by atoms with Gasteiger partial charge in [0, 0.05) is 6.42 Å². The standard InChI is InChI=1S/C55H95NO3/c1-3-5-7-9-11-13-15-17-19-21-23-25-26-27-28-29-31-32-34-36-38-40-42-44-46-48-50-54(58)53(52-57)56-55(59)51-49-47-45-43-41-39-37-35-33-30-24-22-20-18-16-14-12-10-8-6-4-2/h6,8,12,14,18,20,24,30,32,34-35,37,40,42,48,50,53-54,57-58H,3-5,7,9-11,13,15-17,19,21-23,25-29,31,33,36,38-39,41,43-47,49,51-52H2,1-2H3,(H,56,59)/b8-6-,14-12-,20-18-,30-24-,34-32+,37-35-,42-40+,50-48+. The lowest BCUT2D eigenvalue weighted by Crippen LogP contribution is -2.45. The smallest absolute Gasteiger partial charge is 0.220 e. The fourth-order valence-electron chi connectivity index (χ4n) is 7.00. The first kappa shape index (κ1) is 56.3. The highest BCUT2D eigenvalue weighted by Crippen LogP contribution is 2.15. The minimum absolute atomic E-state index is 0.0997. The van der Waals surface area contributed by atoms with Crippen LogP contribution in [0.2, 0.25) is 0 Å². The molecule has 1 amide bonds. The molecule has 0 aliphatic carbocycles. The van der Waals surface area contributed by atoms with Gasteiger partial charge in [0.05, 0.1) is 18.8 Å². The third-order valence-corrected chi connectivity index (χ3v) is 10.8. The van der Waals surface area contributed by atoms with Gasteiger partial charge in [0.2, 0.25) is 5.91 Å². The van der Waals surface area contributed by atoms with Gasteiger partial charge in [0.25, 0.3) is 0 Å². The van der Waals surface area contributed by atoms with Crippen molar-refractivity contribution in [2.45, 2.75) is 238 Å². The van der Waals surface area contributed by atoms with Crippen LogP contribution in [-0.4, -0.2) is 34.9 Å². The molecule has 0 aromatic heterocycles. The van der Waals surface area contributed by atoms with Gasteiger partial charge in [0.15, 0.2) is 0 Å². The molecule has 0 heterocycles. The zero-order valence-corrected chi connectivity index (χ0v) is 38.7. The van der Waals surface area contributed by atoms with Crippen LogP contribution in [-0.2, 0) is 4.79 Å². The molecule has 338 valence electrons. The molecule has 4 heteroatoms. The maximum absolute atomic E-state index is 12.4. The van der Waals surface area contributed by atoms with Crippen LogP contribution >= 0.6 is 0 Å². The van der Waals surface area contributed by atoms with Crippen LogP contribution < -0.4 is 5.32 Å². The highest BCUT2D eigenvalue weighted by molar-refractivity contribution is 5.76. The highest BCUT2D eigenvalue weighted by atomic mass is 16.3. The maximum atomic E-state index is 12.4. The summed E-state index contributed by atoms with van der Waals surface area (Å²) in [6.45, 7) is 4.17. The van der Waals surface area contributed by atoms with E-state index in [1.807, 2.05) is 6.08 Å². The van der Waals surface area contributed by atoms with Crippen LogP contribution in [0.5, 0.6) is 0 Å². The lowest BCUT2D eigenvalue weighted by Gasteiger charge is -2.19. The van der Waals surface area contributed by atoms with Gasteiger partial charge in [-0.3, -0.25) is 4.79 Å². The summed E-state index contributed by atoms with van der Waals surface area (Å²) >= 11 is 0. The molecule has 2 atom stereocenters. The predicted molar refractivity (Wildman–Crippen MR) is 262 cm³/mol. The van der Waals surface area contributed by atoms with E-state index in [1.54, 1.807) is 6.08 Å². The van der Waals surface area contributed by atoms with Crippen LogP contribution in [0.15, 0.2) is 97.2 Å². The summed E-state index contributed by atoms with van der Waals surface area (Å²) in [6, 6.07) is -0.663. The first-order chi connectivity index (χ1) is 29.2. The van der Waals surface area contributed by atoms with Gasteiger partial charge in [-0.1, -0.05) is 227 Å². The van der Waals surface area contributed by atoms with Gasteiger partial charge in [-0.25, -0.2) is 0 Å². The van der Waals surface area contributed by atoms with Gasteiger partial charge in [-0.05, 0) is 89.9 Å². The minimum Gasteiger partial charge on any atom is -0.394 e. The Morgan fingerprint density at radius 2 is 0.763 bits per heavy atom. The Morgan fingerprint density at radius 3 is 1.19 bits per heavy atom. The summed E-state index contributed by atoms with van der Waals surface area (Å²) in [5.41, 5.74) is 0. The number of carbonyl (C=O) groups excluding carboxylic acids is 1. The van der Waals surface area contributed by atoms with E-state index in [9.17, 15) is 15.0 Å². The molecule has 0 aliphatic rings. The Labute approximate surface area is 366 Å². The second kappa shape index (κ2) is 49.7. The monoisotopic (exact) mass is 818 g/mol. The molecule has 0 bridgehead atoms. The Hall–Kier alpha value is -2.69. The average molecular weight is 818 g/mol. The fraction of sp³-hybridized carbons (Fsp3) is 0.691. The van der Waals surface area contributed by atoms with E-state index in [-0.39, 0.29) is 12.5 Å². The minimum atomic E-state index is -0.886. The summed E-state index contributed by atoms with van der Waals surface area (Å²) in [4.78, 5) is 12.4. The number of aliphatic hydroxyl groups is 2. The summed E-state index contributed by atoms with van der Waals surface area (Å²) < 4.78 is 0. The molecule has 2 unspecified atom stereocenters. The van der Waals surface area contributed by atoms with Crippen LogP contribution in [0.25, 0.3) is 0 Å². The Morgan fingerprint density at radius 1 is 0.424 bits per heavy atom. The van der Waals surface area contributed by atoms with Gasteiger partial charge in [-0.2, -0.15) is 0 Å². The van der Waals surface area contributed by atoms with Crippen molar-refractivity contribution in [3.05, 3.63) is 97.2 Å². The number of carbonyl (C=O) groups is 1. The topological polar surface area (TPSA) is 69.6 Å². The number of hydrogen-bond donors (Lipinski definition) is 3. The van der Waals surface area contributed by atoms with E-state index < -0.39 is 12.1 Å². The summed E-state index contributed by atoms with van der Waals surface area (Å²) in [7, 11) is 0. The molecule has 0 spiro atoms. The van der Waals surface area contributed by atoms with Gasteiger partial charge in [0.1, 0.15) is 0 Å². The number of allylic oxidation sites excluding steroid dienone is 15. The van der Waals surface area contributed by atoms with Gasteiger partial charge >= 0.3 is 0 Å². The molecule has 59 heavy (non-hydrogen) atoms. The molecule has 0 fully saturated rings. The zero-order chi connectivity index (χ0) is 42.8. The molecule has 0 aromatic rings. The van der Waals surface area contributed by atoms with Crippen LogP contribution in [0.1, 0.15) is 226 Å². The van der Waals surface area contributed by atoms with E-state index >= 15 is 0 Å². The highest BCUT2D eigenvalue weighted by Gasteiger charge is 2.17. The lowest BCUT2D eigenvalue weighted by molar-refractivity contribution is -0.123. The molecule has 4 nitrogen and oxygen atoms in total. The number of aliphatic hydroxyl groups excluding tert-OH is 2. The van der Waals surface area contributed by atoms with E-state index in [0.29, 0.717) is 6.42 Å². The van der Waals surface area contributed by atoms with Crippen molar-refractivity contribution in [1.29, 1.82) is 0 Å². The first-order valence-electron chi connectivity index (χ1n) is 25.0. The number of nitrogens with one attached hydrogen (secondary N) is 1. The number of rotatable bonds is 44. The molecule has 0 saturated carbocycles. The van der Waals surface area contributed by atoms with Crippen molar-refractivity contribution in [3.63, 3.8) is 0 Å². The third kappa shape index (κ3) is 46.2. The zero-order valence-electron chi connectivity index (χ0n) is 38.7. The van der Waals surface area contributed by atoms with E-state index in [2.05, 4.69) is 104 Å². The summed E-state index contributed by atoms with van der Waals surface area (Å²) in [5, 5.41) is 23.1. The first-order valence-corrected chi connectivity index (χ1v) is 25.0. The van der Waals surface area contributed by atoms with E-state index in [1.165, 1.54) is 122 Å². The Kier molecular flexibility index (Phi) is 47.4. The van der Waals surface area contributed by atoms with Gasteiger partial charge in [-0.15, -0.1) is 0 Å². The number of hydrogen-bond acceptors (Lipinski definition) is 3. The molecule has 0 rings (SSSR count). The van der Waals surface area contributed by atoms with Crippen molar-refractivity contribution < 1.29 is 15.0 Å². The summed E-state index contributed by atoms with van der Waals surface area (Å²) in [6.07, 6.45) is 74.0. The molecule has 0 aliphatic heterocycles. The van der Waals surface area contributed by atoms with Gasteiger partial charge < -0.3 is 15.5 Å². The van der Waals surface area contributed by atoms with Crippen molar-refractivity contribution in [1.82, 2.24) is 5.32 Å². The number of amides is 1. The molecular weight excluding hydrogens is 723 g/mol. The van der Waals surface area contributed by atoms with E-state index in [4.69, 9.17) is 0 Å². The predicted octanol–water partition coefficient (Wildman–Crippen LogP) is 16.2. The van der Waals surface area contributed by atoms with Crippen LogP contribution in [0.4, 0.5) is 0 Å². The average Bonchev–Trinajstić information content (AvgIpc) is 3.24. The van der Waals surface area contributed by atoms with Crippen molar-refractivity contribution in [2.75, 3.05) is 6.61 Å². The second-order valence-electron chi connectivity index (χ2n) is 16.5. The normalized spacial score (nSPS) is 13.8. The van der Waals surface area contributed by atoms with Crippen LogP contribution in [0, 0.1) is 0 Å². The van der Waals surface area contributed by atoms with Crippen molar-refractivity contribution >= 4 is 5.91 Å². The fourth-order valence-corrected chi connectivity index (χ4v) is 7.00. The third-order valence-electron chi connectivity index (χ3n) is 10.8. The molecule has 3 N–H and O–H groups in total. The second-order valence-corrected chi connectivity index (χ2v) is 16.5. The lowest BCUT2D eigenvalue weighted by atomic mass is 10.0. The maximum Gasteiger partial charge on any atom is 0.220 e. The molecule has 0 radical (unpaired) electrons. The number of unbranched alkanes of at least 4 members (excludes halogenated alkanes) is 23. The largest absolute Gasteiger partial charge is 0.394 e. The van der Waals surface area contributed by atoms with Crippen molar-refractivity contribution in [3.8, 4) is 0 Å². The summed E-state index contributed by atoms with van der Waals surface area (Å²) in [5.74, 6) is -0.0997. The molecule has 0 saturated heterocycles. The van der Waals surface area contributed by atoms with Crippen molar-refractivity contribution in [2.24, 2.45) is 0 Å². The molecule has 0 aromatic carbocycles. The van der Waals surface area contributed by atoms with E-state index in [0.717, 1.165) is 83.5 Å². The Bertz CT molecular complexity index is 1110. The Balaban J connectivity index is 3.67. The molecular formula is C55H95NO3. The van der Waals surface area contributed by atoms with Crippen LogP contribution in [0.3, 0.4) is 0 Å².